The van der Waals surface area contributed by atoms with Gasteiger partial charge in [0.1, 0.15) is 0 Å². The van der Waals surface area contributed by atoms with Gasteiger partial charge in [0.15, 0.2) is 0 Å². The number of fused-ring (bicyclic) bond motifs is 2. The normalized spacial score (nSPS) is 16.2. The summed E-state index contributed by atoms with van der Waals surface area (Å²) in [6.07, 6.45) is 3.94. The number of amides is 2. The molecule has 0 spiro atoms. The van der Waals surface area contributed by atoms with Crippen LogP contribution in [0.3, 0.4) is 0 Å². The Morgan fingerprint density at radius 2 is 1.12 bits per heavy atom. The second kappa shape index (κ2) is 5.96. The lowest BCUT2D eigenvalue weighted by Gasteiger charge is -2.14. The molecule has 0 aromatic heterocycles. The summed E-state index contributed by atoms with van der Waals surface area (Å²) in [7, 11) is 0. The molecule has 0 fully saturated rings. The van der Waals surface area contributed by atoms with Crippen molar-refractivity contribution < 1.29 is 9.59 Å². The average molecular weight is 318 g/mol. The van der Waals surface area contributed by atoms with Crippen molar-refractivity contribution >= 4 is 11.8 Å². The highest BCUT2D eigenvalue weighted by atomic mass is 16.2. The molecule has 2 amide bonds. The molecule has 0 aliphatic carbocycles. The maximum atomic E-state index is 12.3. The van der Waals surface area contributed by atoms with E-state index in [2.05, 4.69) is 0 Å². The summed E-state index contributed by atoms with van der Waals surface area (Å²) in [4.78, 5) is 28.2. The highest BCUT2D eigenvalue weighted by Crippen LogP contribution is 2.23. The Labute approximate surface area is 141 Å². The van der Waals surface area contributed by atoms with Gasteiger partial charge in [-0.1, -0.05) is 48.6 Å². The Morgan fingerprint density at radius 1 is 0.708 bits per heavy atom. The number of rotatable bonds is 4. The van der Waals surface area contributed by atoms with Gasteiger partial charge < -0.3 is 9.80 Å². The van der Waals surface area contributed by atoms with Crippen LogP contribution in [-0.4, -0.2) is 34.7 Å². The minimum absolute atomic E-state index is 0.0832. The minimum atomic E-state index is 0.0832. The van der Waals surface area contributed by atoms with Crippen molar-refractivity contribution in [3.8, 4) is 0 Å². The summed E-state index contributed by atoms with van der Waals surface area (Å²) >= 11 is 0. The van der Waals surface area contributed by atoms with Gasteiger partial charge in [0, 0.05) is 37.3 Å². The van der Waals surface area contributed by atoms with Crippen LogP contribution in [0.2, 0.25) is 0 Å². The zero-order chi connectivity index (χ0) is 16.5. The predicted molar refractivity (Wildman–Crippen MR) is 91.5 cm³/mol. The van der Waals surface area contributed by atoms with E-state index in [0.717, 1.165) is 22.3 Å². The van der Waals surface area contributed by atoms with E-state index in [0.29, 0.717) is 26.2 Å². The molecule has 2 aromatic carbocycles. The molecular weight excluding hydrogens is 300 g/mol. The minimum Gasteiger partial charge on any atom is -0.331 e. The van der Waals surface area contributed by atoms with Crippen molar-refractivity contribution in [2.45, 2.75) is 13.1 Å². The van der Waals surface area contributed by atoms with Crippen molar-refractivity contribution in [1.29, 1.82) is 0 Å². The Hall–Kier alpha value is -2.88. The predicted octanol–water partition coefficient (Wildman–Crippen LogP) is 2.85. The topological polar surface area (TPSA) is 40.6 Å². The van der Waals surface area contributed by atoms with Crippen molar-refractivity contribution in [3.63, 3.8) is 0 Å². The zero-order valence-corrected chi connectivity index (χ0v) is 13.3. The van der Waals surface area contributed by atoms with Crippen LogP contribution in [-0.2, 0) is 13.1 Å². The maximum Gasteiger partial charge on any atom is 0.254 e. The smallest absolute Gasteiger partial charge is 0.254 e. The van der Waals surface area contributed by atoms with E-state index in [1.807, 2.05) is 70.5 Å². The van der Waals surface area contributed by atoms with Crippen LogP contribution in [0.1, 0.15) is 31.8 Å². The monoisotopic (exact) mass is 318 g/mol. The van der Waals surface area contributed by atoms with E-state index in [9.17, 15) is 9.59 Å². The molecular formula is C20H18N2O2. The number of carbonyl (C=O) groups is 2. The van der Waals surface area contributed by atoms with Crippen LogP contribution in [0.4, 0.5) is 0 Å². The first-order valence-corrected chi connectivity index (χ1v) is 8.13. The summed E-state index contributed by atoms with van der Waals surface area (Å²) in [5.41, 5.74) is 3.77. The summed E-state index contributed by atoms with van der Waals surface area (Å²) in [5.74, 6) is 0.166. The van der Waals surface area contributed by atoms with Crippen LogP contribution in [0.15, 0.2) is 60.7 Å². The molecule has 4 heteroatoms. The second-order valence-corrected chi connectivity index (χ2v) is 6.16. The van der Waals surface area contributed by atoms with Gasteiger partial charge in [-0.3, -0.25) is 9.59 Å². The van der Waals surface area contributed by atoms with E-state index < -0.39 is 0 Å². The largest absolute Gasteiger partial charge is 0.331 e. The number of hydrogen-bond acceptors (Lipinski definition) is 2. The van der Waals surface area contributed by atoms with Gasteiger partial charge in [0.2, 0.25) is 0 Å². The van der Waals surface area contributed by atoms with Crippen LogP contribution in [0.25, 0.3) is 0 Å². The van der Waals surface area contributed by atoms with Crippen LogP contribution >= 0.6 is 0 Å². The Bertz CT molecular complexity index is 772. The number of benzene rings is 2. The Balaban J connectivity index is 1.34. The summed E-state index contributed by atoms with van der Waals surface area (Å²) in [5, 5.41) is 0. The van der Waals surface area contributed by atoms with Crippen molar-refractivity contribution in [1.82, 2.24) is 9.80 Å². The fourth-order valence-corrected chi connectivity index (χ4v) is 3.33. The van der Waals surface area contributed by atoms with E-state index in [1.165, 1.54) is 0 Å². The Morgan fingerprint density at radius 3 is 1.54 bits per heavy atom. The first-order valence-electron chi connectivity index (χ1n) is 8.13. The summed E-state index contributed by atoms with van der Waals surface area (Å²) in [6, 6.07) is 15.5. The van der Waals surface area contributed by atoms with E-state index in [4.69, 9.17) is 0 Å². The average Bonchev–Trinajstić information content (AvgIpc) is 3.10. The lowest BCUT2D eigenvalue weighted by atomic mass is 10.1. The molecule has 2 aliphatic rings. The van der Waals surface area contributed by atoms with Gasteiger partial charge in [0.25, 0.3) is 11.8 Å². The van der Waals surface area contributed by atoms with Gasteiger partial charge in [-0.15, -0.1) is 0 Å². The molecule has 2 aliphatic heterocycles. The van der Waals surface area contributed by atoms with Gasteiger partial charge >= 0.3 is 0 Å². The van der Waals surface area contributed by atoms with Crippen LogP contribution < -0.4 is 0 Å². The van der Waals surface area contributed by atoms with Crippen molar-refractivity contribution in [2.24, 2.45) is 0 Å². The highest BCUT2D eigenvalue weighted by molar-refractivity contribution is 5.99. The third-order valence-corrected chi connectivity index (χ3v) is 4.61. The van der Waals surface area contributed by atoms with Crippen molar-refractivity contribution in [2.75, 3.05) is 13.1 Å². The molecule has 0 saturated heterocycles. The molecule has 24 heavy (non-hydrogen) atoms. The quantitative estimate of drug-likeness (QED) is 0.813. The lowest BCUT2D eigenvalue weighted by molar-refractivity contribution is 0.0783. The summed E-state index contributed by atoms with van der Waals surface area (Å²) < 4.78 is 0. The molecule has 0 radical (unpaired) electrons. The van der Waals surface area contributed by atoms with E-state index in [1.54, 1.807) is 0 Å². The first-order chi connectivity index (χ1) is 11.7. The lowest BCUT2D eigenvalue weighted by Crippen LogP contribution is -2.25. The molecule has 2 aromatic rings. The van der Waals surface area contributed by atoms with Crippen LogP contribution in [0.5, 0.6) is 0 Å². The van der Waals surface area contributed by atoms with E-state index in [-0.39, 0.29) is 11.8 Å². The number of carbonyl (C=O) groups excluding carboxylic acids is 2. The fourth-order valence-electron chi connectivity index (χ4n) is 3.33. The molecule has 0 bridgehead atoms. The number of nitrogens with zero attached hydrogens (tertiary/aromatic N) is 2. The van der Waals surface area contributed by atoms with Gasteiger partial charge in [-0.25, -0.2) is 0 Å². The summed E-state index contributed by atoms with van der Waals surface area (Å²) in [6.45, 7) is 2.46. The van der Waals surface area contributed by atoms with Gasteiger partial charge in [-0.2, -0.15) is 0 Å². The molecule has 4 rings (SSSR count). The SMILES string of the molecule is O=C1c2ccccc2CN1C/C=C\CN1Cc2ccccc2C1=O. The number of hydrogen-bond donors (Lipinski definition) is 0. The van der Waals surface area contributed by atoms with Gasteiger partial charge in [-0.05, 0) is 23.3 Å². The molecule has 2 heterocycles. The molecule has 0 saturated carbocycles. The standard InChI is InChI=1S/C20H18N2O2/c23-19-17-9-3-1-7-15(17)13-21(19)11-5-6-12-22-14-16-8-2-4-10-18(16)20(22)24/h1-10H,11-14H2/b6-5-. The molecule has 120 valence electrons. The van der Waals surface area contributed by atoms with Crippen LogP contribution in [0, 0.1) is 0 Å². The van der Waals surface area contributed by atoms with Crippen molar-refractivity contribution in [3.05, 3.63) is 82.9 Å². The molecule has 0 N–H and O–H groups in total. The Kier molecular flexibility index (Phi) is 3.65. The fraction of sp³-hybridized carbons (Fsp3) is 0.200. The third-order valence-electron chi connectivity index (χ3n) is 4.61. The first kappa shape index (κ1) is 14.7. The maximum absolute atomic E-state index is 12.3. The third kappa shape index (κ3) is 2.50. The zero-order valence-electron chi connectivity index (χ0n) is 13.3. The molecule has 0 unspecified atom stereocenters. The molecule has 4 nitrogen and oxygen atoms in total. The highest BCUT2D eigenvalue weighted by Gasteiger charge is 2.26. The van der Waals surface area contributed by atoms with Gasteiger partial charge in [0.05, 0.1) is 0 Å². The molecule has 0 atom stereocenters. The van der Waals surface area contributed by atoms with E-state index >= 15 is 0 Å². The second-order valence-electron chi connectivity index (χ2n) is 6.16.